The number of aromatic nitrogens is 1. The second-order valence-corrected chi connectivity index (χ2v) is 4.53. The Morgan fingerprint density at radius 3 is 3.00 bits per heavy atom. The van der Waals surface area contributed by atoms with Crippen molar-refractivity contribution in [3.63, 3.8) is 0 Å². The van der Waals surface area contributed by atoms with Gasteiger partial charge in [-0.15, -0.1) is 0 Å². The second kappa shape index (κ2) is 4.11. The third-order valence-electron chi connectivity index (χ3n) is 3.23. The van der Waals surface area contributed by atoms with Crippen LogP contribution in [0, 0.1) is 17.2 Å². The van der Waals surface area contributed by atoms with Gasteiger partial charge in [0.25, 0.3) is 0 Å². The monoisotopic (exact) mass is 216 g/mol. The molecule has 16 heavy (non-hydrogen) atoms. The largest absolute Gasteiger partial charge is 0.362 e. The maximum Gasteiger partial charge on any atom is 0.144 e. The molecule has 4 nitrogen and oxygen atoms in total. The molecule has 0 aromatic carbocycles. The lowest BCUT2D eigenvalue weighted by Crippen LogP contribution is -2.45. The summed E-state index contributed by atoms with van der Waals surface area (Å²) < 4.78 is 0. The van der Waals surface area contributed by atoms with Gasteiger partial charge in [0.05, 0.1) is 11.1 Å². The van der Waals surface area contributed by atoms with Gasteiger partial charge < -0.3 is 11.1 Å². The fraction of sp³-hybridized carbons (Fsp3) is 0.500. The normalized spacial score (nSPS) is 18.6. The summed E-state index contributed by atoms with van der Waals surface area (Å²) in [6.45, 7) is 2.65. The van der Waals surface area contributed by atoms with Gasteiger partial charge in [-0.2, -0.15) is 5.26 Å². The fourth-order valence-electron chi connectivity index (χ4n) is 1.91. The fourth-order valence-corrected chi connectivity index (χ4v) is 1.91. The van der Waals surface area contributed by atoms with E-state index in [0.29, 0.717) is 23.8 Å². The molecular formula is C12H16N4. The van der Waals surface area contributed by atoms with Gasteiger partial charge in [0.15, 0.2) is 0 Å². The van der Waals surface area contributed by atoms with Gasteiger partial charge in [0.2, 0.25) is 0 Å². The third kappa shape index (κ3) is 2.00. The van der Waals surface area contributed by atoms with Gasteiger partial charge in [0.1, 0.15) is 11.9 Å². The quantitative estimate of drug-likeness (QED) is 0.799. The number of hydrogen-bond acceptors (Lipinski definition) is 4. The number of pyridine rings is 1. The Morgan fingerprint density at radius 1 is 1.69 bits per heavy atom. The molecule has 1 fully saturated rings. The van der Waals surface area contributed by atoms with Gasteiger partial charge in [-0.1, -0.05) is 0 Å². The zero-order valence-electron chi connectivity index (χ0n) is 9.40. The molecule has 84 valence electrons. The molecular weight excluding hydrogens is 200 g/mol. The molecule has 1 unspecified atom stereocenters. The van der Waals surface area contributed by atoms with Crippen LogP contribution in [0.15, 0.2) is 18.3 Å². The summed E-state index contributed by atoms with van der Waals surface area (Å²) in [6, 6.07) is 5.66. The van der Waals surface area contributed by atoms with Crippen molar-refractivity contribution in [1.29, 1.82) is 5.26 Å². The molecule has 1 atom stereocenters. The van der Waals surface area contributed by atoms with Crippen molar-refractivity contribution in [1.82, 2.24) is 4.98 Å². The number of anilines is 1. The lowest BCUT2D eigenvalue weighted by Gasteiger charge is -2.30. The maximum atomic E-state index is 8.98. The zero-order chi connectivity index (χ0) is 11.6. The minimum absolute atomic E-state index is 0.139. The number of rotatable bonds is 4. The predicted octanol–water partition coefficient (Wildman–Crippen LogP) is 1.49. The lowest BCUT2D eigenvalue weighted by molar-refractivity contribution is 0.458. The summed E-state index contributed by atoms with van der Waals surface area (Å²) in [5.74, 6) is 1.25. The average Bonchev–Trinajstić information content (AvgIpc) is 3.14. The SMILES string of the molecule is CC(CN)(Nc1ncccc1C#N)C1CC1. The first-order chi connectivity index (χ1) is 7.69. The zero-order valence-corrected chi connectivity index (χ0v) is 9.40. The molecule has 0 radical (unpaired) electrons. The molecule has 0 saturated heterocycles. The molecule has 3 N–H and O–H groups in total. The van der Waals surface area contributed by atoms with Crippen molar-refractivity contribution in [3.05, 3.63) is 23.9 Å². The summed E-state index contributed by atoms with van der Waals surface area (Å²) in [5.41, 5.74) is 6.25. The molecule has 1 aromatic rings. The summed E-state index contributed by atoms with van der Waals surface area (Å²) >= 11 is 0. The van der Waals surface area contributed by atoms with Crippen molar-refractivity contribution < 1.29 is 0 Å². The van der Waals surface area contributed by atoms with E-state index in [9.17, 15) is 0 Å². The van der Waals surface area contributed by atoms with Gasteiger partial charge in [-0.25, -0.2) is 4.98 Å². The molecule has 4 heteroatoms. The third-order valence-corrected chi connectivity index (χ3v) is 3.23. The van der Waals surface area contributed by atoms with E-state index in [4.69, 9.17) is 11.0 Å². The van der Waals surface area contributed by atoms with Gasteiger partial charge in [0, 0.05) is 12.7 Å². The number of nitriles is 1. The van der Waals surface area contributed by atoms with Crippen molar-refractivity contribution >= 4 is 5.82 Å². The minimum Gasteiger partial charge on any atom is -0.362 e. The number of nitrogens with one attached hydrogen (secondary N) is 1. The first kappa shape index (κ1) is 10.9. The Labute approximate surface area is 95.5 Å². The highest BCUT2D eigenvalue weighted by Crippen LogP contribution is 2.40. The summed E-state index contributed by atoms with van der Waals surface area (Å²) in [6.07, 6.45) is 4.10. The lowest BCUT2D eigenvalue weighted by atomic mass is 9.95. The molecule has 0 bridgehead atoms. The molecule has 0 aliphatic heterocycles. The summed E-state index contributed by atoms with van der Waals surface area (Å²) in [5, 5.41) is 12.3. The molecule has 1 aromatic heterocycles. The van der Waals surface area contributed by atoms with Crippen molar-refractivity contribution in [3.8, 4) is 6.07 Å². The Balaban J connectivity index is 2.22. The summed E-state index contributed by atoms with van der Waals surface area (Å²) in [7, 11) is 0. The van der Waals surface area contributed by atoms with Crippen LogP contribution in [0.25, 0.3) is 0 Å². The maximum absolute atomic E-state index is 8.98. The van der Waals surface area contributed by atoms with Gasteiger partial charge in [-0.3, -0.25) is 0 Å². The number of nitrogens with two attached hydrogens (primary N) is 1. The molecule has 1 saturated carbocycles. The first-order valence-corrected chi connectivity index (χ1v) is 5.53. The van der Waals surface area contributed by atoms with Gasteiger partial charge in [-0.05, 0) is 37.8 Å². The second-order valence-electron chi connectivity index (χ2n) is 4.53. The van der Waals surface area contributed by atoms with E-state index in [0.717, 1.165) is 0 Å². The highest BCUT2D eigenvalue weighted by atomic mass is 15.1. The van der Waals surface area contributed by atoms with E-state index in [2.05, 4.69) is 23.3 Å². The van der Waals surface area contributed by atoms with Crippen LogP contribution in [0.5, 0.6) is 0 Å². The number of hydrogen-bond donors (Lipinski definition) is 2. The van der Waals surface area contributed by atoms with Crippen LogP contribution in [0.3, 0.4) is 0 Å². The highest BCUT2D eigenvalue weighted by Gasteiger charge is 2.40. The molecule has 1 aliphatic rings. The Kier molecular flexibility index (Phi) is 2.80. The van der Waals surface area contributed by atoms with Crippen LogP contribution in [0.1, 0.15) is 25.3 Å². The van der Waals surface area contributed by atoms with E-state index >= 15 is 0 Å². The summed E-state index contributed by atoms with van der Waals surface area (Å²) in [4.78, 5) is 4.20. The predicted molar refractivity (Wildman–Crippen MR) is 62.8 cm³/mol. The minimum atomic E-state index is -0.139. The Hall–Kier alpha value is -1.60. The van der Waals surface area contributed by atoms with Crippen LogP contribution in [-0.2, 0) is 0 Å². The van der Waals surface area contributed by atoms with Gasteiger partial charge >= 0.3 is 0 Å². The molecule has 0 spiro atoms. The van der Waals surface area contributed by atoms with E-state index in [-0.39, 0.29) is 5.54 Å². The average molecular weight is 216 g/mol. The highest BCUT2D eigenvalue weighted by molar-refractivity contribution is 5.53. The van der Waals surface area contributed by atoms with E-state index in [1.54, 1.807) is 18.3 Å². The molecule has 0 amide bonds. The Morgan fingerprint density at radius 2 is 2.44 bits per heavy atom. The van der Waals surface area contributed by atoms with E-state index < -0.39 is 0 Å². The van der Waals surface area contributed by atoms with Crippen LogP contribution in [0.4, 0.5) is 5.82 Å². The van der Waals surface area contributed by atoms with Crippen LogP contribution in [0.2, 0.25) is 0 Å². The smallest absolute Gasteiger partial charge is 0.144 e. The number of nitrogens with zero attached hydrogens (tertiary/aromatic N) is 2. The standard InChI is InChI=1S/C12H16N4/c1-12(8-14,10-4-5-10)16-11-9(7-13)3-2-6-15-11/h2-3,6,10H,4-5,8,14H2,1H3,(H,15,16). The molecule has 1 aliphatic carbocycles. The van der Waals surface area contributed by atoms with Crippen LogP contribution < -0.4 is 11.1 Å². The molecule has 1 heterocycles. The first-order valence-electron chi connectivity index (χ1n) is 5.53. The van der Waals surface area contributed by atoms with Crippen molar-refractivity contribution in [2.75, 3.05) is 11.9 Å². The van der Waals surface area contributed by atoms with Crippen molar-refractivity contribution in [2.45, 2.75) is 25.3 Å². The Bertz CT molecular complexity index is 419. The van der Waals surface area contributed by atoms with E-state index in [1.807, 2.05) is 0 Å². The van der Waals surface area contributed by atoms with Crippen LogP contribution in [-0.4, -0.2) is 17.1 Å². The molecule has 2 rings (SSSR count). The topological polar surface area (TPSA) is 74.7 Å². The van der Waals surface area contributed by atoms with Crippen LogP contribution >= 0.6 is 0 Å². The van der Waals surface area contributed by atoms with E-state index in [1.165, 1.54) is 12.8 Å². The van der Waals surface area contributed by atoms with Crippen molar-refractivity contribution in [2.24, 2.45) is 11.7 Å².